The van der Waals surface area contributed by atoms with Crippen LogP contribution in [0.5, 0.6) is 5.75 Å². The minimum absolute atomic E-state index is 0.0204. The molecule has 1 rings (SSSR count). The van der Waals surface area contributed by atoms with Crippen molar-refractivity contribution < 1.29 is 9.53 Å². The summed E-state index contributed by atoms with van der Waals surface area (Å²) in [6.45, 7) is 1.95. The van der Waals surface area contributed by atoms with Crippen molar-refractivity contribution in [1.82, 2.24) is 5.32 Å². The van der Waals surface area contributed by atoms with Crippen molar-refractivity contribution in [3.8, 4) is 5.75 Å². The molecule has 1 amide bonds. The van der Waals surface area contributed by atoms with E-state index in [0.29, 0.717) is 18.7 Å². The topological polar surface area (TPSA) is 38.3 Å². The van der Waals surface area contributed by atoms with Crippen LogP contribution in [-0.4, -0.2) is 18.9 Å². The van der Waals surface area contributed by atoms with E-state index in [4.69, 9.17) is 16.3 Å². The number of hydrogen-bond acceptors (Lipinski definition) is 2. The molecular formula is C13H18ClNO2. The molecule has 4 heteroatoms. The first kappa shape index (κ1) is 13.8. The zero-order valence-corrected chi connectivity index (χ0v) is 11.0. The van der Waals surface area contributed by atoms with Crippen LogP contribution in [0.3, 0.4) is 0 Å². The van der Waals surface area contributed by atoms with E-state index in [0.717, 1.165) is 11.3 Å². The third-order valence-corrected chi connectivity index (χ3v) is 2.78. The fourth-order valence-electron chi connectivity index (χ4n) is 1.54. The number of alkyl halides is 1. The molecule has 1 aromatic carbocycles. The summed E-state index contributed by atoms with van der Waals surface area (Å²) in [4.78, 5) is 11.5. The molecule has 0 aliphatic carbocycles. The molecule has 0 heterocycles. The third kappa shape index (κ3) is 4.65. The molecule has 0 saturated carbocycles. The average molecular weight is 256 g/mol. The molecule has 0 spiro atoms. The van der Waals surface area contributed by atoms with Crippen LogP contribution >= 0.6 is 11.6 Å². The number of methoxy groups -OCH3 is 1. The standard InChI is InChI=1S/C13H18ClNO2/c1-10(15-13(16)7-4-8-14)11-5-3-6-12(9-11)17-2/h3,5-6,9-10H,4,7-8H2,1-2H3,(H,15,16)/t10-/m1/s1. The maximum Gasteiger partial charge on any atom is 0.220 e. The highest BCUT2D eigenvalue weighted by atomic mass is 35.5. The minimum Gasteiger partial charge on any atom is -0.497 e. The van der Waals surface area contributed by atoms with Crippen molar-refractivity contribution in [2.75, 3.05) is 13.0 Å². The van der Waals surface area contributed by atoms with Gasteiger partial charge in [-0.3, -0.25) is 4.79 Å². The lowest BCUT2D eigenvalue weighted by atomic mass is 10.1. The van der Waals surface area contributed by atoms with E-state index >= 15 is 0 Å². The Bertz CT molecular complexity index is 368. The number of carbonyl (C=O) groups is 1. The van der Waals surface area contributed by atoms with Gasteiger partial charge < -0.3 is 10.1 Å². The van der Waals surface area contributed by atoms with Crippen LogP contribution in [0.15, 0.2) is 24.3 Å². The predicted octanol–water partition coefficient (Wildman–Crippen LogP) is 2.89. The molecule has 1 N–H and O–H groups in total. The number of benzene rings is 1. The Morgan fingerprint density at radius 3 is 2.94 bits per heavy atom. The van der Waals surface area contributed by atoms with Crippen molar-refractivity contribution in [3.63, 3.8) is 0 Å². The minimum atomic E-state index is -0.0204. The van der Waals surface area contributed by atoms with Gasteiger partial charge in [-0.2, -0.15) is 0 Å². The van der Waals surface area contributed by atoms with Gasteiger partial charge in [0, 0.05) is 12.3 Å². The van der Waals surface area contributed by atoms with Gasteiger partial charge in [0.05, 0.1) is 13.2 Å². The zero-order chi connectivity index (χ0) is 12.7. The molecule has 0 aliphatic rings. The van der Waals surface area contributed by atoms with Crippen LogP contribution in [0.1, 0.15) is 31.4 Å². The molecule has 0 unspecified atom stereocenters. The first-order valence-corrected chi connectivity index (χ1v) is 6.20. The normalized spacial score (nSPS) is 11.9. The lowest BCUT2D eigenvalue weighted by Gasteiger charge is -2.15. The second kappa shape index (κ2) is 7.17. The van der Waals surface area contributed by atoms with Crippen LogP contribution in [0.25, 0.3) is 0 Å². The second-order valence-electron chi connectivity index (χ2n) is 3.86. The zero-order valence-electron chi connectivity index (χ0n) is 10.2. The highest BCUT2D eigenvalue weighted by Gasteiger charge is 2.09. The van der Waals surface area contributed by atoms with Crippen molar-refractivity contribution in [3.05, 3.63) is 29.8 Å². The molecule has 0 saturated heterocycles. The van der Waals surface area contributed by atoms with E-state index in [2.05, 4.69) is 5.32 Å². The summed E-state index contributed by atoms with van der Waals surface area (Å²) in [5.41, 5.74) is 1.03. The Labute approximate surface area is 107 Å². The Balaban J connectivity index is 2.56. The van der Waals surface area contributed by atoms with E-state index in [1.54, 1.807) is 7.11 Å². The van der Waals surface area contributed by atoms with E-state index in [1.165, 1.54) is 0 Å². The van der Waals surface area contributed by atoms with Crippen LogP contribution in [0, 0.1) is 0 Å². The van der Waals surface area contributed by atoms with Gasteiger partial charge in [0.1, 0.15) is 5.75 Å². The fraction of sp³-hybridized carbons (Fsp3) is 0.462. The third-order valence-electron chi connectivity index (χ3n) is 2.51. The highest BCUT2D eigenvalue weighted by molar-refractivity contribution is 6.17. The lowest BCUT2D eigenvalue weighted by Crippen LogP contribution is -2.26. The number of carbonyl (C=O) groups excluding carboxylic acids is 1. The molecule has 1 atom stereocenters. The molecule has 94 valence electrons. The number of amides is 1. The Hall–Kier alpha value is -1.22. The Morgan fingerprint density at radius 1 is 1.53 bits per heavy atom. The predicted molar refractivity (Wildman–Crippen MR) is 69.5 cm³/mol. The number of rotatable bonds is 6. The maximum absolute atomic E-state index is 11.5. The van der Waals surface area contributed by atoms with E-state index < -0.39 is 0 Å². The molecule has 0 fully saturated rings. The molecule has 17 heavy (non-hydrogen) atoms. The summed E-state index contributed by atoms with van der Waals surface area (Å²) in [6, 6.07) is 7.66. The van der Waals surface area contributed by atoms with Crippen LogP contribution in [-0.2, 0) is 4.79 Å². The second-order valence-corrected chi connectivity index (χ2v) is 4.24. The summed E-state index contributed by atoms with van der Waals surface area (Å²) in [5.74, 6) is 1.34. The van der Waals surface area contributed by atoms with Gasteiger partial charge in [-0.1, -0.05) is 12.1 Å². The number of ether oxygens (including phenoxy) is 1. The van der Waals surface area contributed by atoms with Gasteiger partial charge >= 0.3 is 0 Å². The molecule has 0 bridgehead atoms. The molecule has 3 nitrogen and oxygen atoms in total. The molecular weight excluding hydrogens is 238 g/mol. The van der Waals surface area contributed by atoms with Crippen molar-refractivity contribution in [2.24, 2.45) is 0 Å². The Morgan fingerprint density at radius 2 is 2.29 bits per heavy atom. The van der Waals surface area contributed by atoms with Gasteiger partial charge in [-0.25, -0.2) is 0 Å². The van der Waals surface area contributed by atoms with Gasteiger partial charge in [-0.05, 0) is 31.0 Å². The van der Waals surface area contributed by atoms with Crippen molar-refractivity contribution >= 4 is 17.5 Å². The van der Waals surface area contributed by atoms with Crippen LogP contribution in [0.2, 0.25) is 0 Å². The maximum atomic E-state index is 11.5. The average Bonchev–Trinajstić information content (AvgIpc) is 2.36. The summed E-state index contributed by atoms with van der Waals surface area (Å²) >= 11 is 5.54. The Kier molecular flexibility index (Phi) is 5.84. The van der Waals surface area contributed by atoms with Crippen LogP contribution < -0.4 is 10.1 Å². The molecule has 1 aromatic rings. The van der Waals surface area contributed by atoms with Gasteiger partial charge in [0.25, 0.3) is 0 Å². The van der Waals surface area contributed by atoms with Gasteiger partial charge in [-0.15, -0.1) is 11.6 Å². The molecule has 0 aromatic heterocycles. The van der Waals surface area contributed by atoms with Crippen molar-refractivity contribution in [1.29, 1.82) is 0 Å². The number of halogens is 1. The van der Waals surface area contributed by atoms with Gasteiger partial charge in [0.2, 0.25) is 5.91 Å². The lowest BCUT2D eigenvalue weighted by molar-refractivity contribution is -0.121. The quantitative estimate of drug-likeness (QED) is 0.794. The van der Waals surface area contributed by atoms with E-state index in [1.807, 2.05) is 31.2 Å². The summed E-state index contributed by atoms with van der Waals surface area (Å²) in [5, 5.41) is 2.93. The largest absolute Gasteiger partial charge is 0.497 e. The monoisotopic (exact) mass is 255 g/mol. The van der Waals surface area contributed by atoms with E-state index in [9.17, 15) is 4.79 Å². The molecule has 0 aliphatic heterocycles. The first-order valence-electron chi connectivity index (χ1n) is 5.66. The summed E-state index contributed by atoms with van der Waals surface area (Å²) in [6.07, 6.45) is 1.18. The highest BCUT2D eigenvalue weighted by Crippen LogP contribution is 2.18. The summed E-state index contributed by atoms with van der Waals surface area (Å²) < 4.78 is 5.14. The number of nitrogens with one attached hydrogen (secondary N) is 1. The smallest absolute Gasteiger partial charge is 0.220 e. The SMILES string of the molecule is COc1cccc([C@@H](C)NC(=O)CCCCl)c1. The fourth-order valence-corrected chi connectivity index (χ4v) is 1.67. The van der Waals surface area contributed by atoms with E-state index in [-0.39, 0.29) is 11.9 Å². The first-order chi connectivity index (χ1) is 8.17. The number of hydrogen-bond donors (Lipinski definition) is 1. The van der Waals surface area contributed by atoms with Crippen LogP contribution in [0.4, 0.5) is 0 Å². The summed E-state index contributed by atoms with van der Waals surface area (Å²) in [7, 11) is 1.63. The van der Waals surface area contributed by atoms with Crippen molar-refractivity contribution in [2.45, 2.75) is 25.8 Å². The van der Waals surface area contributed by atoms with Gasteiger partial charge in [0.15, 0.2) is 0 Å². The molecule has 0 radical (unpaired) electrons.